The molecule has 0 aliphatic heterocycles. The first-order valence-corrected chi connectivity index (χ1v) is 6.96. The van der Waals surface area contributed by atoms with E-state index in [1.807, 2.05) is 24.3 Å². The molecule has 2 rings (SSSR count). The first kappa shape index (κ1) is 15.1. The topological polar surface area (TPSA) is 77.4 Å². The van der Waals surface area contributed by atoms with E-state index in [2.05, 4.69) is 17.2 Å². The Morgan fingerprint density at radius 1 is 1.33 bits per heavy atom. The van der Waals surface area contributed by atoms with Crippen LogP contribution >= 0.6 is 11.6 Å². The Labute approximate surface area is 128 Å². The van der Waals surface area contributed by atoms with E-state index in [1.165, 1.54) is 6.33 Å². The highest BCUT2D eigenvalue weighted by Crippen LogP contribution is 2.26. The van der Waals surface area contributed by atoms with Crippen molar-refractivity contribution in [3.63, 3.8) is 0 Å². The highest BCUT2D eigenvalue weighted by atomic mass is 35.5. The van der Waals surface area contributed by atoms with E-state index >= 15 is 0 Å². The number of halogens is 1. The third-order valence-electron chi connectivity index (χ3n) is 3.03. The number of para-hydroxylation sites is 1. The van der Waals surface area contributed by atoms with Gasteiger partial charge in [-0.2, -0.15) is 10.5 Å². The van der Waals surface area contributed by atoms with Gasteiger partial charge in [0.25, 0.3) is 0 Å². The molecule has 0 fully saturated rings. The minimum atomic E-state index is 0.102. The molecule has 0 atom stereocenters. The summed E-state index contributed by atoms with van der Waals surface area (Å²) in [6.07, 6.45) is 2.49. The molecule has 1 aromatic carbocycles. The molecule has 1 aromatic heterocycles. The van der Waals surface area contributed by atoms with Crippen LogP contribution in [0.2, 0.25) is 5.02 Å². The standard InChI is InChI=1S/C15H14ClN5/c1-2-6-19-9-11-4-3-5-12(16)15(11)21-10-20-13(7-17)14(21)8-18/h3-5,10,19H,2,6,9H2,1H3. The molecule has 0 unspecified atom stereocenters. The fourth-order valence-corrected chi connectivity index (χ4v) is 2.36. The maximum Gasteiger partial charge on any atom is 0.177 e. The minimum Gasteiger partial charge on any atom is -0.313 e. The van der Waals surface area contributed by atoms with Crippen molar-refractivity contribution in [2.75, 3.05) is 6.54 Å². The monoisotopic (exact) mass is 299 g/mol. The van der Waals surface area contributed by atoms with Crippen LogP contribution in [0.5, 0.6) is 0 Å². The summed E-state index contributed by atoms with van der Waals surface area (Å²) in [4.78, 5) is 3.96. The van der Waals surface area contributed by atoms with Crippen LogP contribution < -0.4 is 5.32 Å². The molecule has 6 heteroatoms. The zero-order chi connectivity index (χ0) is 15.2. The van der Waals surface area contributed by atoms with Crippen LogP contribution in [0.25, 0.3) is 5.69 Å². The summed E-state index contributed by atoms with van der Waals surface area (Å²) in [7, 11) is 0. The zero-order valence-electron chi connectivity index (χ0n) is 11.6. The largest absolute Gasteiger partial charge is 0.313 e. The molecule has 0 aliphatic carbocycles. The van der Waals surface area contributed by atoms with Crippen molar-refractivity contribution in [2.45, 2.75) is 19.9 Å². The molecule has 21 heavy (non-hydrogen) atoms. The van der Waals surface area contributed by atoms with Crippen LogP contribution in [-0.4, -0.2) is 16.1 Å². The van der Waals surface area contributed by atoms with Gasteiger partial charge in [0.05, 0.1) is 10.7 Å². The Morgan fingerprint density at radius 2 is 2.14 bits per heavy atom. The van der Waals surface area contributed by atoms with E-state index in [4.69, 9.17) is 16.9 Å². The second-order valence-corrected chi connectivity index (χ2v) is 4.87. The summed E-state index contributed by atoms with van der Waals surface area (Å²) < 4.78 is 1.57. The molecule has 0 saturated heterocycles. The molecule has 1 heterocycles. The predicted octanol–water partition coefficient (Wildman–Crippen LogP) is 2.77. The molecule has 0 aliphatic rings. The second kappa shape index (κ2) is 6.90. The lowest BCUT2D eigenvalue weighted by Crippen LogP contribution is -2.16. The van der Waals surface area contributed by atoms with Crippen LogP contribution in [0.4, 0.5) is 0 Å². The van der Waals surface area contributed by atoms with Crippen molar-refractivity contribution in [1.29, 1.82) is 10.5 Å². The second-order valence-electron chi connectivity index (χ2n) is 4.46. The molecule has 0 amide bonds. The number of aromatic nitrogens is 2. The van der Waals surface area contributed by atoms with Gasteiger partial charge in [-0.1, -0.05) is 30.7 Å². The van der Waals surface area contributed by atoms with Crippen molar-refractivity contribution in [3.05, 3.63) is 46.5 Å². The van der Waals surface area contributed by atoms with E-state index in [0.29, 0.717) is 17.3 Å². The van der Waals surface area contributed by atoms with Gasteiger partial charge in [-0.15, -0.1) is 0 Å². The van der Waals surface area contributed by atoms with Crippen molar-refractivity contribution in [1.82, 2.24) is 14.9 Å². The molecule has 5 nitrogen and oxygen atoms in total. The highest BCUT2D eigenvalue weighted by molar-refractivity contribution is 6.32. The van der Waals surface area contributed by atoms with Gasteiger partial charge in [0, 0.05) is 6.54 Å². The maximum absolute atomic E-state index is 9.26. The van der Waals surface area contributed by atoms with Crippen molar-refractivity contribution < 1.29 is 0 Å². The van der Waals surface area contributed by atoms with Gasteiger partial charge in [0.1, 0.15) is 18.5 Å². The van der Waals surface area contributed by atoms with E-state index in [0.717, 1.165) is 18.5 Å². The normalized spacial score (nSPS) is 10.1. The number of benzene rings is 1. The average molecular weight is 300 g/mol. The number of nitriles is 2. The third kappa shape index (κ3) is 3.05. The maximum atomic E-state index is 9.26. The zero-order valence-corrected chi connectivity index (χ0v) is 12.4. The summed E-state index contributed by atoms with van der Waals surface area (Å²) in [5, 5.41) is 22.1. The summed E-state index contributed by atoms with van der Waals surface area (Å²) in [5.41, 5.74) is 1.94. The first-order valence-electron chi connectivity index (χ1n) is 6.59. The molecule has 0 spiro atoms. The van der Waals surface area contributed by atoms with Crippen LogP contribution in [0.3, 0.4) is 0 Å². The molecule has 1 N–H and O–H groups in total. The number of imidazole rings is 1. The smallest absolute Gasteiger partial charge is 0.177 e. The van der Waals surface area contributed by atoms with Gasteiger partial charge in [0.15, 0.2) is 11.4 Å². The number of hydrogen-bond donors (Lipinski definition) is 1. The summed E-state index contributed by atoms with van der Waals surface area (Å²) in [5.74, 6) is 0. The number of hydrogen-bond acceptors (Lipinski definition) is 4. The van der Waals surface area contributed by atoms with Gasteiger partial charge >= 0.3 is 0 Å². The van der Waals surface area contributed by atoms with E-state index in [9.17, 15) is 5.26 Å². The SMILES string of the molecule is CCCNCc1cccc(Cl)c1-n1cnc(C#N)c1C#N. The van der Waals surface area contributed by atoms with Crippen LogP contribution in [0, 0.1) is 22.7 Å². The van der Waals surface area contributed by atoms with Gasteiger partial charge in [-0.05, 0) is 24.6 Å². The number of nitrogens with zero attached hydrogens (tertiary/aromatic N) is 4. The van der Waals surface area contributed by atoms with Crippen LogP contribution in [0.1, 0.15) is 30.3 Å². The number of rotatable bonds is 5. The Bertz CT molecular complexity index is 721. The van der Waals surface area contributed by atoms with Gasteiger partial charge < -0.3 is 5.32 Å². The predicted molar refractivity (Wildman–Crippen MR) is 80.0 cm³/mol. The lowest BCUT2D eigenvalue weighted by Gasteiger charge is -2.13. The lowest BCUT2D eigenvalue weighted by atomic mass is 10.1. The van der Waals surface area contributed by atoms with E-state index in [1.54, 1.807) is 10.6 Å². The van der Waals surface area contributed by atoms with Crippen LogP contribution in [0.15, 0.2) is 24.5 Å². The quantitative estimate of drug-likeness (QED) is 0.861. The average Bonchev–Trinajstić information content (AvgIpc) is 2.90. The highest BCUT2D eigenvalue weighted by Gasteiger charge is 2.16. The van der Waals surface area contributed by atoms with Crippen molar-refractivity contribution in [2.24, 2.45) is 0 Å². The van der Waals surface area contributed by atoms with Gasteiger partial charge in [-0.3, -0.25) is 4.57 Å². The van der Waals surface area contributed by atoms with Gasteiger partial charge in [-0.25, -0.2) is 4.98 Å². The summed E-state index contributed by atoms with van der Waals surface area (Å²) >= 11 is 6.29. The van der Waals surface area contributed by atoms with E-state index < -0.39 is 0 Å². The Hall–Kier alpha value is -2.34. The Balaban J connectivity index is 2.51. The molecular formula is C15H14ClN5. The molecule has 106 valence electrons. The molecular weight excluding hydrogens is 286 g/mol. The first-order chi connectivity index (χ1) is 10.2. The van der Waals surface area contributed by atoms with Crippen LogP contribution in [-0.2, 0) is 6.54 Å². The van der Waals surface area contributed by atoms with Crippen molar-refractivity contribution in [3.8, 4) is 17.8 Å². The molecule has 0 saturated carbocycles. The fraction of sp³-hybridized carbons (Fsp3) is 0.267. The van der Waals surface area contributed by atoms with E-state index in [-0.39, 0.29) is 11.4 Å². The van der Waals surface area contributed by atoms with Gasteiger partial charge in [0.2, 0.25) is 0 Å². The summed E-state index contributed by atoms with van der Waals surface area (Å²) in [6, 6.07) is 9.49. The lowest BCUT2D eigenvalue weighted by molar-refractivity contribution is 0.673. The molecule has 0 bridgehead atoms. The fourth-order valence-electron chi connectivity index (χ4n) is 2.08. The molecule has 0 radical (unpaired) electrons. The molecule has 2 aromatic rings. The Morgan fingerprint density at radius 3 is 2.81 bits per heavy atom. The van der Waals surface area contributed by atoms with Crippen molar-refractivity contribution >= 4 is 11.6 Å². The minimum absolute atomic E-state index is 0.102. The Kier molecular flexibility index (Phi) is 4.94. The number of nitrogens with one attached hydrogen (secondary N) is 1. The third-order valence-corrected chi connectivity index (χ3v) is 3.34. The summed E-state index contributed by atoms with van der Waals surface area (Å²) in [6.45, 7) is 3.62.